The first-order valence-electron chi connectivity index (χ1n) is 5.35. The first-order chi connectivity index (χ1) is 8.09. The molecule has 1 unspecified atom stereocenters. The van der Waals surface area contributed by atoms with Crippen molar-refractivity contribution in [1.29, 1.82) is 0 Å². The van der Waals surface area contributed by atoms with E-state index in [-0.39, 0.29) is 12.6 Å². The number of aliphatic carboxylic acids is 1. The summed E-state index contributed by atoms with van der Waals surface area (Å²) in [7, 11) is 0. The van der Waals surface area contributed by atoms with Gasteiger partial charge in [-0.25, -0.2) is 4.79 Å². The van der Waals surface area contributed by atoms with E-state index in [2.05, 4.69) is 10.6 Å². The van der Waals surface area contributed by atoms with Crippen molar-refractivity contribution in [2.24, 2.45) is 5.92 Å². The minimum atomic E-state index is -0.913. The molecular weight excluding hydrogens is 240 g/mol. The van der Waals surface area contributed by atoms with Gasteiger partial charge in [-0.2, -0.15) is 11.3 Å². The largest absolute Gasteiger partial charge is 0.481 e. The number of thiophene rings is 1. The lowest BCUT2D eigenvalue weighted by Gasteiger charge is -2.09. The van der Waals surface area contributed by atoms with Crippen LogP contribution in [0.5, 0.6) is 0 Å². The van der Waals surface area contributed by atoms with Crippen LogP contribution in [0, 0.1) is 5.92 Å². The van der Waals surface area contributed by atoms with Crippen molar-refractivity contribution in [3.63, 3.8) is 0 Å². The van der Waals surface area contributed by atoms with Gasteiger partial charge in [0.05, 0.1) is 5.92 Å². The van der Waals surface area contributed by atoms with Crippen molar-refractivity contribution in [2.45, 2.75) is 13.3 Å². The fraction of sp³-hybridized carbons (Fsp3) is 0.455. The average Bonchev–Trinajstić information content (AvgIpc) is 2.78. The lowest BCUT2D eigenvalue weighted by Crippen LogP contribution is -2.39. The van der Waals surface area contributed by atoms with Crippen LogP contribution >= 0.6 is 11.3 Å². The topological polar surface area (TPSA) is 78.4 Å². The molecule has 0 spiro atoms. The molecule has 94 valence electrons. The molecular formula is C11H16N2O3S. The summed E-state index contributed by atoms with van der Waals surface area (Å²) in [5.74, 6) is -1.49. The molecule has 0 bridgehead atoms. The molecule has 3 N–H and O–H groups in total. The molecule has 1 atom stereocenters. The molecule has 1 aromatic rings. The van der Waals surface area contributed by atoms with Crippen LogP contribution in [0.3, 0.4) is 0 Å². The number of hydrogen-bond acceptors (Lipinski definition) is 3. The SMILES string of the molecule is CC(CNC(=O)NCCc1ccsc1)C(=O)O. The first-order valence-corrected chi connectivity index (χ1v) is 6.29. The molecule has 0 fully saturated rings. The van der Waals surface area contributed by atoms with Crippen LogP contribution in [0.25, 0.3) is 0 Å². The van der Waals surface area contributed by atoms with E-state index >= 15 is 0 Å². The van der Waals surface area contributed by atoms with Crippen LogP contribution in [-0.2, 0) is 11.2 Å². The molecule has 0 aliphatic heterocycles. The zero-order valence-electron chi connectivity index (χ0n) is 9.60. The van der Waals surface area contributed by atoms with E-state index in [0.717, 1.165) is 6.42 Å². The Bertz CT molecular complexity index is 365. The first kappa shape index (κ1) is 13.5. The van der Waals surface area contributed by atoms with Gasteiger partial charge in [0.1, 0.15) is 0 Å². The molecule has 1 aromatic heterocycles. The molecule has 0 aliphatic rings. The third-order valence-corrected chi connectivity index (χ3v) is 3.00. The van der Waals surface area contributed by atoms with Crippen molar-refractivity contribution in [1.82, 2.24) is 10.6 Å². The van der Waals surface area contributed by atoms with E-state index in [1.165, 1.54) is 5.56 Å². The lowest BCUT2D eigenvalue weighted by molar-refractivity contribution is -0.140. The minimum Gasteiger partial charge on any atom is -0.481 e. The summed E-state index contributed by atoms with van der Waals surface area (Å²) in [6, 6.07) is 1.69. The molecule has 0 saturated carbocycles. The lowest BCUT2D eigenvalue weighted by atomic mass is 10.2. The van der Waals surface area contributed by atoms with Gasteiger partial charge >= 0.3 is 12.0 Å². The number of amides is 2. The monoisotopic (exact) mass is 256 g/mol. The van der Waals surface area contributed by atoms with Crippen LogP contribution in [0.1, 0.15) is 12.5 Å². The maximum atomic E-state index is 11.3. The van der Waals surface area contributed by atoms with E-state index in [1.54, 1.807) is 18.3 Å². The quantitative estimate of drug-likeness (QED) is 0.718. The zero-order valence-corrected chi connectivity index (χ0v) is 10.4. The Morgan fingerprint density at radius 3 is 2.82 bits per heavy atom. The molecule has 17 heavy (non-hydrogen) atoms. The second-order valence-corrected chi connectivity index (χ2v) is 4.54. The van der Waals surface area contributed by atoms with E-state index in [0.29, 0.717) is 6.54 Å². The van der Waals surface area contributed by atoms with Gasteiger partial charge in [-0.05, 0) is 28.8 Å². The summed E-state index contributed by atoms with van der Waals surface area (Å²) in [5.41, 5.74) is 1.19. The van der Waals surface area contributed by atoms with Crippen LogP contribution in [0.4, 0.5) is 4.79 Å². The standard InChI is InChI=1S/C11H16N2O3S/c1-8(10(14)15)6-13-11(16)12-4-2-9-3-5-17-7-9/h3,5,7-8H,2,4,6H2,1H3,(H,14,15)(H2,12,13,16). The van der Waals surface area contributed by atoms with Crippen molar-refractivity contribution >= 4 is 23.3 Å². The number of carboxylic acids is 1. The van der Waals surface area contributed by atoms with Crippen LogP contribution in [0.15, 0.2) is 16.8 Å². The molecule has 0 radical (unpaired) electrons. The fourth-order valence-electron chi connectivity index (χ4n) is 1.15. The van der Waals surface area contributed by atoms with E-state index in [9.17, 15) is 9.59 Å². The highest BCUT2D eigenvalue weighted by atomic mass is 32.1. The maximum Gasteiger partial charge on any atom is 0.314 e. The number of carboxylic acid groups (broad SMARTS) is 1. The minimum absolute atomic E-state index is 0.139. The van der Waals surface area contributed by atoms with Crippen molar-refractivity contribution in [3.05, 3.63) is 22.4 Å². The Labute approximate surface area is 104 Å². The van der Waals surface area contributed by atoms with Gasteiger partial charge in [-0.15, -0.1) is 0 Å². The smallest absolute Gasteiger partial charge is 0.314 e. The van der Waals surface area contributed by atoms with Crippen molar-refractivity contribution in [3.8, 4) is 0 Å². The molecule has 0 aromatic carbocycles. The number of carbonyl (C=O) groups is 2. The van der Waals surface area contributed by atoms with Gasteiger partial charge in [0.2, 0.25) is 0 Å². The summed E-state index contributed by atoms with van der Waals surface area (Å²) >= 11 is 1.62. The van der Waals surface area contributed by atoms with E-state index in [1.807, 2.05) is 16.8 Å². The number of nitrogens with one attached hydrogen (secondary N) is 2. The second kappa shape index (κ2) is 6.90. The Kier molecular flexibility index (Phi) is 5.48. The zero-order chi connectivity index (χ0) is 12.7. The van der Waals surface area contributed by atoms with Gasteiger partial charge in [-0.3, -0.25) is 4.79 Å². The maximum absolute atomic E-state index is 11.3. The Morgan fingerprint density at radius 1 is 1.47 bits per heavy atom. The van der Waals surface area contributed by atoms with Gasteiger partial charge in [0.15, 0.2) is 0 Å². The second-order valence-electron chi connectivity index (χ2n) is 3.76. The Morgan fingerprint density at radius 2 is 2.24 bits per heavy atom. The van der Waals surface area contributed by atoms with Gasteiger partial charge in [0.25, 0.3) is 0 Å². The van der Waals surface area contributed by atoms with Gasteiger partial charge < -0.3 is 15.7 Å². The number of rotatable bonds is 6. The van der Waals surface area contributed by atoms with Gasteiger partial charge in [0, 0.05) is 13.1 Å². The van der Waals surface area contributed by atoms with E-state index < -0.39 is 11.9 Å². The number of urea groups is 1. The van der Waals surface area contributed by atoms with Crippen LogP contribution in [-0.4, -0.2) is 30.2 Å². The molecule has 5 nitrogen and oxygen atoms in total. The third-order valence-electron chi connectivity index (χ3n) is 2.27. The molecule has 2 amide bonds. The summed E-state index contributed by atoms with van der Waals surface area (Å²) in [4.78, 5) is 21.8. The molecule has 1 rings (SSSR count). The third kappa shape index (κ3) is 5.35. The highest BCUT2D eigenvalue weighted by Gasteiger charge is 2.11. The fourth-order valence-corrected chi connectivity index (χ4v) is 1.85. The van der Waals surface area contributed by atoms with Crippen molar-refractivity contribution < 1.29 is 14.7 Å². The number of hydrogen-bond donors (Lipinski definition) is 3. The molecule has 6 heteroatoms. The van der Waals surface area contributed by atoms with Crippen LogP contribution in [0.2, 0.25) is 0 Å². The molecule has 1 heterocycles. The van der Waals surface area contributed by atoms with Crippen LogP contribution < -0.4 is 10.6 Å². The summed E-state index contributed by atoms with van der Waals surface area (Å²) in [5, 5.41) is 17.8. The normalized spacial score (nSPS) is 11.8. The summed E-state index contributed by atoms with van der Waals surface area (Å²) in [6.07, 6.45) is 0.783. The average molecular weight is 256 g/mol. The molecule has 0 aliphatic carbocycles. The highest BCUT2D eigenvalue weighted by molar-refractivity contribution is 7.07. The highest BCUT2D eigenvalue weighted by Crippen LogP contribution is 2.05. The van der Waals surface area contributed by atoms with Crippen molar-refractivity contribution in [2.75, 3.05) is 13.1 Å². The predicted molar refractivity (Wildman–Crippen MR) is 66.2 cm³/mol. The summed E-state index contributed by atoms with van der Waals surface area (Å²) < 4.78 is 0. The Balaban J connectivity index is 2.11. The predicted octanol–water partition coefficient (Wildman–Crippen LogP) is 1.31. The van der Waals surface area contributed by atoms with Gasteiger partial charge in [-0.1, -0.05) is 6.92 Å². The number of carbonyl (C=O) groups excluding carboxylic acids is 1. The summed E-state index contributed by atoms with van der Waals surface area (Å²) in [6.45, 7) is 2.23. The molecule has 0 saturated heterocycles. The Hall–Kier alpha value is -1.56. The van der Waals surface area contributed by atoms with E-state index in [4.69, 9.17) is 5.11 Å².